The van der Waals surface area contributed by atoms with E-state index in [-0.39, 0.29) is 19.6 Å². The maximum Gasteiger partial charge on any atom is 0.308 e. The number of esters is 1. The average Bonchev–Trinajstić information content (AvgIpc) is 2.93. The number of nitro benzene ring substituents is 1. The van der Waals surface area contributed by atoms with Crippen molar-refractivity contribution in [3.05, 3.63) is 34.4 Å². The van der Waals surface area contributed by atoms with Gasteiger partial charge in [-0.2, -0.15) is 4.31 Å². The summed E-state index contributed by atoms with van der Waals surface area (Å²) < 4.78 is 44.2. The van der Waals surface area contributed by atoms with Gasteiger partial charge in [-0.3, -0.25) is 14.9 Å². The minimum absolute atomic E-state index is 0.0243. The van der Waals surface area contributed by atoms with Crippen molar-refractivity contribution in [2.24, 2.45) is 0 Å². The van der Waals surface area contributed by atoms with Crippen LogP contribution in [0, 0.1) is 10.1 Å². The fraction of sp³-hybridized carbons (Fsp3) is 0.611. The van der Waals surface area contributed by atoms with E-state index >= 15 is 0 Å². The summed E-state index contributed by atoms with van der Waals surface area (Å²) in [6.07, 6.45) is -1.15. The predicted octanol–water partition coefficient (Wildman–Crippen LogP) is 0.456. The third-order valence-corrected chi connectivity index (χ3v) is 7.24. The Morgan fingerprint density at radius 1 is 1.33 bits per heavy atom. The number of fused-ring (bicyclic) bond motifs is 1. The maximum absolute atomic E-state index is 13.4. The summed E-state index contributed by atoms with van der Waals surface area (Å²) in [4.78, 5) is 21.8. The number of para-hydroxylation sites is 1. The molecule has 2 aliphatic rings. The minimum Gasteiger partial charge on any atom is -0.469 e. The van der Waals surface area contributed by atoms with Gasteiger partial charge in [0.15, 0.2) is 4.90 Å². The van der Waals surface area contributed by atoms with Crippen molar-refractivity contribution in [3.63, 3.8) is 0 Å². The first-order valence-electron chi connectivity index (χ1n) is 9.48. The summed E-state index contributed by atoms with van der Waals surface area (Å²) in [6.45, 7) is -0.568. The Balaban J connectivity index is 1.94. The zero-order chi connectivity index (χ0) is 21.9. The SMILES string of the molecule is COC(=O)C[C@H]1CC[C@H]2[C@@H](CO[C@H](CO)CN2S(=O)(=O)c2ccccc2[N+](=O)[O-])O1. The monoisotopic (exact) mass is 444 g/mol. The largest absolute Gasteiger partial charge is 0.469 e. The molecule has 2 aliphatic heterocycles. The molecular weight excluding hydrogens is 420 g/mol. The van der Waals surface area contributed by atoms with E-state index in [0.717, 1.165) is 10.4 Å². The number of sulfonamides is 1. The minimum atomic E-state index is -4.29. The highest BCUT2D eigenvalue weighted by Gasteiger charge is 2.45. The first-order chi connectivity index (χ1) is 14.3. The van der Waals surface area contributed by atoms with Gasteiger partial charge in [0.1, 0.15) is 0 Å². The molecule has 166 valence electrons. The molecule has 0 spiro atoms. The van der Waals surface area contributed by atoms with Gasteiger partial charge >= 0.3 is 5.97 Å². The van der Waals surface area contributed by atoms with Gasteiger partial charge in [0.2, 0.25) is 10.0 Å². The van der Waals surface area contributed by atoms with E-state index in [9.17, 15) is 28.4 Å². The summed E-state index contributed by atoms with van der Waals surface area (Å²) >= 11 is 0. The molecule has 11 nitrogen and oxygen atoms in total. The van der Waals surface area contributed by atoms with Crippen molar-refractivity contribution in [2.75, 3.05) is 26.9 Å². The van der Waals surface area contributed by atoms with Gasteiger partial charge in [0.25, 0.3) is 5.69 Å². The van der Waals surface area contributed by atoms with Crippen molar-refractivity contribution in [1.29, 1.82) is 0 Å². The zero-order valence-corrected chi connectivity index (χ0v) is 17.2. The van der Waals surface area contributed by atoms with Crippen LogP contribution in [0.3, 0.4) is 0 Å². The van der Waals surface area contributed by atoms with Crippen LogP contribution in [0.2, 0.25) is 0 Å². The van der Waals surface area contributed by atoms with Crippen molar-refractivity contribution < 1.29 is 37.5 Å². The summed E-state index contributed by atoms with van der Waals surface area (Å²) in [7, 11) is -3.02. The van der Waals surface area contributed by atoms with E-state index in [4.69, 9.17) is 9.47 Å². The van der Waals surface area contributed by atoms with Gasteiger partial charge in [0, 0.05) is 12.6 Å². The molecule has 4 atom stereocenters. The molecule has 2 saturated heterocycles. The quantitative estimate of drug-likeness (QED) is 0.375. The highest BCUT2D eigenvalue weighted by Crippen LogP contribution is 2.34. The molecule has 0 aromatic heterocycles. The van der Waals surface area contributed by atoms with Crippen LogP contribution in [0.5, 0.6) is 0 Å². The van der Waals surface area contributed by atoms with Crippen LogP contribution < -0.4 is 0 Å². The van der Waals surface area contributed by atoms with E-state index in [0.29, 0.717) is 12.8 Å². The predicted molar refractivity (Wildman–Crippen MR) is 102 cm³/mol. The van der Waals surface area contributed by atoms with Crippen molar-refractivity contribution >= 4 is 21.7 Å². The van der Waals surface area contributed by atoms with Crippen molar-refractivity contribution in [2.45, 2.75) is 48.5 Å². The maximum atomic E-state index is 13.4. The fourth-order valence-electron chi connectivity index (χ4n) is 3.81. The second-order valence-electron chi connectivity index (χ2n) is 7.16. The van der Waals surface area contributed by atoms with Crippen LogP contribution in [-0.2, 0) is 29.0 Å². The van der Waals surface area contributed by atoms with Crippen LogP contribution in [0.1, 0.15) is 19.3 Å². The molecule has 12 heteroatoms. The van der Waals surface area contributed by atoms with Crippen LogP contribution in [0.25, 0.3) is 0 Å². The highest BCUT2D eigenvalue weighted by molar-refractivity contribution is 7.89. The molecule has 1 aromatic rings. The molecule has 2 heterocycles. The molecule has 0 saturated carbocycles. The molecule has 2 fully saturated rings. The fourth-order valence-corrected chi connectivity index (χ4v) is 5.68. The standard InChI is InChI=1S/C18H24N2O9S/c1-27-18(22)8-12-6-7-14-16(29-12)11-28-13(10-21)9-19(14)30(25,26)17-5-3-2-4-15(17)20(23)24/h2-5,12-14,16,21H,6-11H2,1H3/t12-,13+,14+,16-/m1/s1. The number of ether oxygens (including phenoxy) is 3. The number of rotatable bonds is 6. The Morgan fingerprint density at radius 2 is 2.07 bits per heavy atom. The molecule has 0 aliphatic carbocycles. The van der Waals surface area contributed by atoms with Gasteiger partial charge < -0.3 is 19.3 Å². The Bertz CT molecular complexity index is 891. The first kappa shape index (κ1) is 22.6. The van der Waals surface area contributed by atoms with E-state index < -0.39 is 62.5 Å². The lowest BCUT2D eigenvalue weighted by atomic mass is 9.97. The van der Waals surface area contributed by atoms with Crippen molar-refractivity contribution in [3.8, 4) is 0 Å². The number of nitro groups is 1. The van der Waals surface area contributed by atoms with E-state index in [1.165, 1.54) is 25.3 Å². The molecule has 30 heavy (non-hydrogen) atoms. The third-order valence-electron chi connectivity index (χ3n) is 5.30. The number of carbonyl (C=O) groups excluding carboxylic acids is 1. The number of aliphatic hydroxyl groups excluding tert-OH is 1. The molecule has 0 unspecified atom stereocenters. The van der Waals surface area contributed by atoms with Crippen molar-refractivity contribution in [1.82, 2.24) is 4.31 Å². The van der Waals surface area contributed by atoms with Gasteiger partial charge in [-0.15, -0.1) is 0 Å². The van der Waals surface area contributed by atoms with Gasteiger partial charge in [-0.25, -0.2) is 8.42 Å². The lowest BCUT2D eigenvalue weighted by molar-refractivity contribution is -0.387. The Morgan fingerprint density at radius 3 is 2.73 bits per heavy atom. The molecule has 1 N–H and O–H groups in total. The Labute approximate surface area is 173 Å². The summed E-state index contributed by atoms with van der Waals surface area (Å²) in [6, 6.07) is 4.47. The number of nitrogens with zero attached hydrogens (tertiary/aromatic N) is 2. The van der Waals surface area contributed by atoms with Crippen LogP contribution in [-0.4, -0.2) is 79.9 Å². The zero-order valence-electron chi connectivity index (χ0n) is 16.4. The van der Waals surface area contributed by atoms with Gasteiger partial charge in [0.05, 0.1) is 56.0 Å². The molecule has 0 amide bonds. The second kappa shape index (κ2) is 9.35. The van der Waals surface area contributed by atoms with E-state index in [1.807, 2.05) is 0 Å². The topological polar surface area (TPSA) is 146 Å². The smallest absolute Gasteiger partial charge is 0.308 e. The summed E-state index contributed by atoms with van der Waals surface area (Å²) in [5.74, 6) is -0.439. The number of hydrogen-bond donors (Lipinski definition) is 1. The molecular formula is C18H24N2O9S. The summed E-state index contributed by atoms with van der Waals surface area (Å²) in [5.41, 5.74) is -0.528. The lowest BCUT2D eigenvalue weighted by Crippen LogP contribution is -2.52. The molecule has 0 radical (unpaired) electrons. The number of benzene rings is 1. The average molecular weight is 444 g/mol. The van der Waals surface area contributed by atoms with E-state index in [2.05, 4.69) is 4.74 Å². The Hall–Kier alpha value is -2.12. The second-order valence-corrected chi connectivity index (χ2v) is 9.02. The normalized spacial score (nSPS) is 27.7. The number of methoxy groups -OCH3 is 1. The molecule has 3 rings (SSSR count). The van der Waals surface area contributed by atoms with Crippen LogP contribution in [0.4, 0.5) is 5.69 Å². The summed E-state index contributed by atoms with van der Waals surface area (Å²) in [5, 5.41) is 21.0. The third kappa shape index (κ3) is 4.62. The molecule has 1 aromatic carbocycles. The van der Waals surface area contributed by atoms with Gasteiger partial charge in [-0.1, -0.05) is 12.1 Å². The number of hydrogen-bond acceptors (Lipinski definition) is 9. The molecule has 0 bridgehead atoms. The van der Waals surface area contributed by atoms with E-state index in [1.54, 1.807) is 0 Å². The van der Waals surface area contributed by atoms with Crippen LogP contribution in [0.15, 0.2) is 29.2 Å². The Kier molecular flexibility index (Phi) is 7.03. The van der Waals surface area contributed by atoms with Crippen LogP contribution >= 0.6 is 0 Å². The lowest BCUT2D eigenvalue weighted by Gasteiger charge is -2.39. The number of aliphatic hydroxyl groups is 1. The first-order valence-corrected chi connectivity index (χ1v) is 10.9. The number of carbonyl (C=O) groups is 1. The highest BCUT2D eigenvalue weighted by atomic mass is 32.2. The van der Waals surface area contributed by atoms with Gasteiger partial charge in [-0.05, 0) is 18.9 Å².